The minimum atomic E-state index is -0.647. The molecule has 7 N–H and O–H groups in total. The van der Waals surface area contributed by atoms with Gasteiger partial charge in [-0.15, -0.1) is 0 Å². The molecular weight excluding hydrogens is 180 g/mol. The minimum Gasteiger partial charge on any atom is -0.350 e. The van der Waals surface area contributed by atoms with Crippen LogP contribution in [0.3, 0.4) is 0 Å². The molecule has 0 rings (SSSR count). The van der Waals surface area contributed by atoms with Crippen molar-refractivity contribution in [3.8, 4) is 0 Å². The summed E-state index contributed by atoms with van der Waals surface area (Å²) in [5, 5.41) is 2.79. The molecule has 0 fully saturated rings. The third-order valence-corrected chi connectivity index (χ3v) is 2.19. The van der Waals surface area contributed by atoms with Crippen LogP contribution < -0.4 is 22.5 Å². The molecule has 0 aliphatic heterocycles. The van der Waals surface area contributed by atoms with Crippen molar-refractivity contribution in [2.24, 2.45) is 22.6 Å². The van der Waals surface area contributed by atoms with E-state index in [2.05, 4.69) is 5.32 Å². The van der Waals surface area contributed by atoms with Crippen molar-refractivity contribution in [2.45, 2.75) is 32.9 Å². The van der Waals surface area contributed by atoms with E-state index in [9.17, 15) is 4.79 Å². The van der Waals surface area contributed by atoms with Crippen molar-refractivity contribution in [2.75, 3.05) is 13.1 Å². The van der Waals surface area contributed by atoms with E-state index in [1.807, 2.05) is 20.8 Å². The Morgan fingerprint density at radius 1 is 1.29 bits per heavy atom. The van der Waals surface area contributed by atoms with Gasteiger partial charge in [-0.25, -0.2) is 0 Å². The van der Waals surface area contributed by atoms with Gasteiger partial charge in [0, 0.05) is 19.1 Å². The maximum atomic E-state index is 11.4. The highest BCUT2D eigenvalue weighted by molar-refractivity contribution is 5.82. The van der Waals surface area contributed by atoms with Gasteiger partial charge in [0.15, 0.2) is 0 Å². The fourth-order valence-corrected chi connectivity index (χ4v) is 1.01. The molecule has 5 nitrogen and oxygen atoms in total. The number of rotatable bonds is 4. The predicted octanol–water partition coefficient (Wildman–Crippen LogP) is -1.24. The van der Waals surface area contributed by atoms with Crippen LogP contribution in [0.2, 0.25) is 0 Å². The lowest BCUT2D eigenvalue weighted by Crippen LogP contribution is -2.54. The maximum absolute atomic E-state index is 11.4. The predicted molar refractivity (Wildman–Crippen MR) is 57.5 cm³/mol. The third-order valence-electron chi connectivity index (χ3n) is 2.19. The molecular formula is C9H22N4O. The normalized spacial score (nSPS) is 16.1. The molecule has 0 saturated heterocycles. The summed E-state index contributed by atoms with van der Waals surface area (Å²) in [6, 6.07) is -0.723. The van der Waals surface area contributed by atoms with Crippen LogP contribution in [0.15, 0.2) is 0 Å². The van der Waals surface area contributed by atoms with Crippen LogP contribution in [0.1, 0.15) is 20.8 Å². The van der Waals surface area contributed by atoms with Crippen molar-refractivity contribution in [1.82, 2.24) is 5.32 Å². The van der Waals surface area contributed by atoms with Gasteiger partial charge < -0.3 is 22.5 Å². The molecule has 14 heavy (non-hydrogen) atoms. The summed E-state index contributed by atoms with van der Waals surface area (Å²) in [7, 11) is 0. The van der Waals surface area contributed by atoms with Crippen LogP contribution in [-0.2, 0) is 4.79 Å². The van der Waals surface area contributed by atoms with E-state index in [1.165, 1.54) is 0 Å². The van der Waals surface area contributed by atoms with Gasteiger partial charge in [0.1, 0.15) is 0 Å². The number of amides is 1. The van der Waals surface area contributed by atoms with Gasteiger partial charge in [-0.1, -0.05) is 20.8 Å². The van der Waals surface area contributed by atoms with E-state index < -0.39 is 6.04 Å². The first-order valence-electron chi connectivity index (χ1n) is 4.79. The van der Waals surface area contributed by atoms with E-state index >= 15 is 0 Å². The van der Waals surface area contributed by atoms with Gasteiger partial charge in [0.05, 0.1) is 6.04 Å². The Morgan fingerprint density at radius 3 is 2.07 bits per heavy atom. The van der Waals surface area contributed by atoms with Crippen LogP contribution in [0.25, 0.3) is 0 Å². The molecule has 84 valence electrons. The molecule has 5 heteroatoms. The Balaban J connectivity index is 4.26. The summed E-state index contributed by atoms with van der Waals surface area (Å²) in [5.41, 5.74) is 16.3. The zero-order valence-corrected chi connectivity index (χ0v) is 9.21. The molecule has 0 spiro atoms. The number of hydrogen-bond donors (Lipinski definition) is 4. The van der Waals surface area contributed by atoms with E-state index in [4.69, 9.17) is 17.2 Å². The van der Waals surface area contributed by atoms with E-state index in [-0.39, 0.29) is 23.9 Å². The van der Waals surface area contributed by atoms with Crippen molar-refractivity contribution < 1.29 is 4.79 Å². The second kappa shape index (κ2) is 5.29. The molecule has 0 aromatic heterocycles. The quantitative estimate of drug-likeness (QED) is 0.457. The van der Waals surface area contributed by atoms with Crippen LogP contribution in [-0.4, -0.2) is 31.1 Å². The van der Waals surface area contributed by atoms with E-state index in [0.717, 1.165) is 0 Å². The Bertz CT molecular complexity index is 188. The first-order valence-corrected chi connectivity index (χ1v) is 4.79. The zero-order chi connectivity index (χ0) is 11.4. The van der Waals surface area contributed by atoms with Gasteiger partial charge in [-0.3, -0.25) is 4.79 Å². The van der Waals surface area contributed by atoms with Crippen LogP contribution in [0.5, 0.6) is 0 Å². The number of carbonyl (C=O) groups excluding carboxylic acids is 1. The molecule has 0 aromatic carbocycles. The molecule has 0 saturated carbocycles. The lowest BCUT2D eigenvalue weighted by atomic mass is 9.86. The summed E-state index contributed by atoms with van der Waals surface area (Å²) in [6.07, 6.45) is 0. The fourth-order valence-electron chi connectivity index (χ4n) is 1.01. The molecule has 2 atom stereocenters. The highest BCUT2D eigenvalue weighted by Crippen LogP contribution is 2.18. The molecule has 2 unspecified atom stereocenters. The Labute approximate surface area is 85.4 Å². The summed E-state index contributed by atoms with van der Waals surface area (Å²) in [4.78, 5) is 11.4. The van der Waals surface area contributed by atoms with Gasteiger partial charge >= 0.3 is 0 Å². The van der Waals surface area contributed by atoms with E-state index in [1.54, 1.807) is 0 Å². The van der Waals surface area contributed by atoms with Gasteiger partial charge in [0.25, 0.3) is 0 Å². The highest BCUT2D eigenvalue weighted by atomic mass is 16.2. The van der Waals surface area contributed by atoms with Gasteiger partial charge in [-0.05, 0) is 5.41 Å². The summed E-state index contributed by atoms with van der Waals surface area (Å²) in [5.74, 6) is -0.238. The van der Waals surface area contributed by atoms with Gasteiger partial charge in [-0.2, -0.15) is 0 Å². The Morgan fingerprint density at radius 2 is 1.79 bits per heavy atom. The lowest BCUT2D eigenvalue weighted by Gasteiger charge is -2.31. The minimum absolute atomic E-state index is 0.0707. The first kappa shape index (κ1) is 13.4. The monoisotopic (exact) mass is 202 g/mol. The summed E-state index contributed by atoms with van der Waals surface area (Å²) >= 11 is 0. The fraction of sp³-hybridized carbons (Fsp3) is 0.889. The Hall–Kier alpha value is -0.650. The van der Waals surface area contributed by atoms with Crippen molar-refractivity contribution in [3.05, 3.63) is 0 Å². The molecule has 0 bridgehead atoms. The molecule has 0 aliphatic rings. The SMILES string of the molecule is CC(C)(C)C(CN)NC(=O)C(N)CN. The zero-order valence-electron chi connectivity index (χ0n) is 9.21. The maximum Gasteiger partial charge on any atom is 0.238 e. The molecule has 0 radical (unpaired) electrons. The molecule has 1 amide bonds. The third kappa shape index (κ3) is 4.04. The second-order valence-corrected chi connectivity index (χ2v) is 4.51. The summed E-state index contributed by atoms with van der Waals surface area (Å²) in [6.45, 7) is 6.58. The Kier molecular flexibility index (Phi) is 5.04. The van der Waals surface area contributed by atoms with Crippen LogP contribution in [0.4, 0.5) is 0 Å². The standard InChI is InChI=1S/C9H22N4O/c1-9(2,3)7(5-11)13-8(14)6(12)4-10/h6-7H,4-5,10-12H2,1-3H3,(H,13,14). The number of nitrogens with two attached hydrogens (primary N) is 3. The number of hydrogen-bond acceptors (Lipinski definition) is 4. The lowest BCUT2D eigenvalue weighted by molar-refractivity contribution is -0.123. The van der Waals surface area contributed by atoms with E-state index in [0.29, 0.717) is 6.54 Å². The largest absolute Gasteiger partial charge is 0.350 e. The second-order valence-electron chi connectivity index (χ2n) is 4.51. The number of nitrogens with one attached hydrogen (secondary N) is 1. The first-order chi connectivity index (χ1) is 6.32. The average molecular weight is 202 g/mol. The molecule has 0 aromatic rings. The highest BCUT2D eigenvalue weighted by Gasteiger charge is 2.26. The average Bonchev–Trinajstić information content (AvgIpc) is 2.10. The van der Waals surface area contributed by atoms with Crippen molar-refractivity contribution in [3.63, 3.8) is 0 Å². The van der Waals surface area contributed by atoms with Crippen LogP contribution >= 0.6 is 0 Å². The van der Waals surface area contributed by atoms with Crippen molar-refractivity contribution in [1.29, 1.82) is 0 Å². The number of carbonyl (C=O) groups is 1. The topological polar surface area (TPSA) is 107 Å². The molecule has 0 heterocycles. The van der Waals surface area contributed by atoms with Crippen molar-refractivity contribution >= 4 is 5.91 Å². The molecule has 0 aliphatic carbocycles. The summed E-state index contributed by atoms with van der Waals surface area (Å²) < 4.78 is 0. The van der Waals surface area contributed by atoms with Gasteiger partial charge in [0.2, 0.25) is 5.91 Å². The smallest absolute Gasteiger partial charge is 0.238 e. The van der Waals surface area contributed by atoms with Crippen LogP contribution in [0, 0.1) is 5.41 Å².